The van der Waals surface area contributed by atoms with E-state index in [1.807, 2.05) is 13.8 Å². The molecule has 0 spiro atoms. The summed E-state index contributed by atoms with van der Waals surface area (Å²) in [6.45, 7) is 7.37. The molecule has 0 aliphatic rings. The summed E-state index contributed by atoms with van der Waals surface area (Å²) in [6.07, 6.45) is 0. The number of allylic oxidation sites excluding steroid dienone is 1. The van der Waals surface area contributed by atoms with E-state index in [9.17, 15) is 0 Å². The van der Waals surface area contributed by atoms with Gasteiger partial charge in [-0.15, -0.1) is 0 Å². The quantitative estimate of drug-likeness (QED) is 0.325. The smallest absolute Gasteiger partial charge is 0.111 e. The average molecular weight is 127 g/mol. The molecule has 3 heteroatoms. The number of amidine groups is 1. The number of nitrogens with one attached hydrogen (secondary N) is 2. The number of rotatable bonds is 2. The van der Waals surface area contributed by atoms with Crippen LogP contribution in [-0.2, 0) is 0 Å². The lowest BCUT2D eigenvalue weighted by molar-refractivity contribution is 0.764. The van der Waals surface area contributed by atoms with Gasteiger partial charge in [-0.25, -0.2) is 0 Å². The van der Waals surface area contributed by atoms with Crippen molar-refractivity contribution in [3.8, 4) is 0 Å². The van der Waals surface area contributed by atoms with E-state index in [4.69, 9.17) is 0 Å². The predicted molar refractivity (Wildman–Crippen MR) is 40.1 cm³/mol. The highest BCUT2D eigenvalue weighted by atomic mass is 15.4. The molecule has 0 unspecified atom stereocenters. The van der Waals surface area contributed by atoms with Crippen molar-refractivity contribution in [3.63, 3.8) is 0 Å². The molecule has 2 N–H and O–H groups in total. The first kappa shape index (κ1) is 8.01. The molecule has 0 saturated heterocycles. The van der Waals surface area contributed by atoms with Crippen LogP contribution in [0.4, 0.5) is 0 Å². The second-order valence-electron chi connectivity index (χ2n) is 1.84. The summed E-state index contributed by atoms with van der Waals surface area (Å²) in [4.78, 5) is 3.86. The average Bonchev–Trinajstić information content (AvgIpc) is 1.83. The van der Waals surface area contributed by atoms with E-state index < -0.39 is 0 Å². The lowest BCUT2D eigenvalue weighted by atomic mass is 10.6. The van der Waals surface area contributed by atoms with Crippen LogP contribution in [0.1, 0.15) is 13.8 Å². The Kier molecular flexibility index (Phi) is 3.51. The molecule has 0 amide bonds. The van der Waals surface area contributed by atoms with E-state index in [1.54, 1.807) is 7.05 Å². The van der Waals surface area contributed by atoms with Gasteiger partial charge in [0.05, 0.1) is 0 Å². The highest BCUT2D eigenvalue weighted by molar-refractivity contribution is 5.78. The maximum Gasteiger partial charge on any atom is 0.111 e. The van der Waals surface area contributed by atoms with Crippen LogP contribution < -0.4 is 10.9 Å². The predicted octanol–water partition coefficient (Wildman–Crippen LogP) is 0.662. The minimum absolute atomic E-state index is 0.845. The maximum atomic E-state index is 3.86. The molecular weight excluding hydrogens is 114 g/mol. The second kappa shape index (κ2) is 3.95. The maximum absolute atomic E-state index is 3.86. The van der Waals surface area contributed by atoms with Gasteiger partial charge in [0.2, 0.25) is 0 Å². The standard InChI is InChI=1S/C6H13N3/c1-5(2)8-9-6(3)7-4/h8H,1H2,2-4H3,(H,7,9). The monoisotopic (exact) mass is 127 g/mol. The molecule has 0 bridgehead atoms. The van der Waals surface area contributed by atoms with Gasteiger partial charge in [-0.3, -0.25) is 10.4 Å². The van der Waals surface area contributed by atoms with Crippen LogP contribution >= 0.6 is 0 Å². The van der Waals surface area contributed by atoms with E-state index in [0.717, 1.165) is 11.5 Å². The van der Waals surface area contributed by atoms with Gasteiger partial charge < -0.3 is 5.43 Å². The van der Waals surface area contributed by atoms with E-state index in [0.29, 0.717) is 0 Å². The SMILES string of the molecule is C=C(C)NNC(C)=NC. The zero-order valence-corrected chi connectivity index (χ0v) is 6.15. The van der Waals surface area contributed by atoms with Crippen LogP contribution in [0.25, 0.3) is 0 Å². The highest BCUT2D eigenvalue weighted by Gasteiger charge is 1.82. The van der Waals surface area contributed by atoms with E-state index in [1.165, 1.54) is 0 Å². The van der Waals surface area contributed by atoms with E-state index in [-0.39, 0.29) is 0 Å². The van der Waals surface area contributed by atoms with Crippen molar-refractivity contribution in [2.75, 3.05) is 7.05 Å². The second-order valence-corrected chi connectivity index (χ2v) is 1.84. The molecule has 0 aromatic carbocycles. The van der Waals surface area contributed by atoms with Crippen molar-refractivity contribution in [1.82, 2.24) is 10.9 Å². The Bertz CT molecular complexity index is 126. The third-order valence-electron chi connectivity index (χ3n) is 0.792. The van der Waals surface area contributed by atoms with Crippen LogP contribution in [0.3, 0.4) is 0 Å². The van der Waals surface area contributed by atoms with Crippen molar-refractivity contribution in [3.05, 3.63) is 12.3 Å². The highest BCUT2D eigenvalue weighted by Crippen LogP contribution is 1.72. The first-order chi connectivity index (χ1) is 4.16. The normalized spacial score (nSPS) is 10.8. The molecule has 0 aliphatic heterocycles. The van der Waals surface area contributed by atoms with Crippen LogP contribution in [0.5, 0.6) is 0 Å². The molecule has 0 heterocycles. The lowest BCUT2D eigenvalue weighted by Crippen LogP contribution is -2.33. The lowest BCUT2D eigenvalue weighted by Gasteiger charge is -2.06. The zero-order valence-electron chi connectivity index (χ0n) is 6.15. The number of hydrogen-bond donors (Lipinski definition) is 2. The van der Waals surface area contributed by atoms with Gasteiger partial charge in [0, 0.05) is 12.7 Å². The van der Waals surface area contributed by atoms with Crippen molar-refractivity contribution in [2.45, 2.75) is 13.8 Å². The molecular formula is C6H13N3. The van der Waals surface area contributed by atoms with Gasteiger partial charge in [0.15, 0.2) is 0 Å². The Morgan fingerprint density at radius 2 is 1.89 bits per heavy atom. The third-order valence-corrected chi connectivity index (χ3v) is 0.792. The molecule has 0 rings (SSSR count). The summed E-state index contributed by atoms with van der Waals surface area (Å²) >= 11 is 0. The van der Waals surface area contributed by atoms with E-state index in [2.05, 4.69) is 22.4 Å². The number of aliphatic imine (C=N–C) groups is 1. The van der Waals surface area contributed by atoms with Crippen LogP contribution in [-0.4, -0.2) is 12.9 Å². The molecule has 0 radical (unpaired) electrons. The largest absolute Gasteiger partial charge is 0.305 e. The molecule has 0 fully saturated rings. The van der Waals surface area contributed by atoms with Gasteiger partial charge in [0.25, 0.3) is 0 Å². The molecule has 0 saturated carbocycles. The summed E-state index contributed by atoms with van der Waals surface area (Å²) in [5.41, 5.74) is 6.53. The molecule has 9 heavy (non-hydrogen) atoms. The fraction of sp³-hybridized carbons (Fsp3) is 0.500. The summed E-state index contributed by atoms with van der Waals surface area (Å²) < 4.78 is 0. The van der Waals surface area contributed by atoms with Crippen LogP contribution in [0, 0.1) is 0 Å². The zero-order chi connectivity index (χ0) is 7.28. The van der Waals surface area contributed by atoms with Crippen molar-refractivity contribution < 1.29 is 0 Å². The fourth-order valence-corrected chi connectivity index (χ4v) is 0.253. The van der Waals surface area contributed by atoms with Crippen molar-refractivity contribution in [1.29, 1.82) is 0 Å². The minimum atomic E-state index is 0.845. The van der Waals surface area contributed by atoms with Gasteiger partial charge in [0.1, 0.15) is 5.84 Å². The van der Waals surface area contributed by atoms with E-state index >= 15 is 0 Å². The molecule has 0 aromatic heterocycles. The Labute approximate surface area is 55.8 Å². The van der Waals surface area contributed by atoms with Crippen LogP contribution in [0.15, 0.2) is 17.3 Å². The molecule has 0 atom stereocenters. The Morgan fingerprint density at radius 1 is 1.33 bits per heavy atom. The summed E-state index contributed by atoms with van der Waals surface area (Å²) in [6, 6.07) is 0. The third kappa shape index (κ3) is 4.87. The van der Waals surface area contributed by atoms with Gasteiger partial charge in [-0.05, 0) is 13.8 Å². The molecule has 52 valence electrons. The Hall–Kier alpha value is -0.990. The Balaban J connectivity index is 3.39. The minimum Gasteiger partial charge on any atom is -0.305 e. The van der Waals surface area contributed by atoms with Crippen molar-refractivity contribution in [2.24, 2.45) is 4.99 Å². The van der Waals surface area contributed by atoms with Crippen LogP contribution in [0.2, 0.25) is 0 Å². The number of hydrogen-bond acceptors (Lipinski definition) is 2. The first-order valence-electron chi connectivity index (χ1n) is 2.77. The first-order valence-corrected chi connectivity index (χ1v) is 2.77. The fourth-order valence-electron chi connectivity index (χ4n) is 0.253. The summed E-state index contributed by atoms with van der Waals surface area (Å²) in [7, 11) is 1.72. The van der Waals surface area contributed by atoms with Gasteiger partial charge in [-0.1, -0.05) is 6.58 Å². The summed E-state index contributed by atoms with van der Waals surface area (Å²) in [5.74, 6) is 0.845. The number of nitrogens with zero attached hydrogens (tertiary/aromatic N) is 1. The van der Waals surface area contributed by atoms with Gasteiger partial charge in [-0.2, -0.15) is 0 Å². The van der Waals surface area contributed by atoms with Crippen molar-refractivity contribution >= 4 is 5.84 Å². The number of hydrazine groups is 1. The summed E-state index contributed by atoms with van der Waals surface area (Å²) in [5, 5.41) is 0. The Morgan fingerprint density at radius 3 is 2.22 bits per heavy atom. The molecule has 3 nitrogen and oxygen atoms in total. The molecule has 0 aliphatic carbocycles. The van der Waals surface area contributed by atoms with Gasteiger partial charge >= 0.3 is 0 Å². The topological polar surface area (TPSA) is 36.4 Å². The molecule has 0 aromatic rings.